The van der Waals surface area contributed by atoms with Gasteiger partial charge in [0.15, 0.2) is 0 Å². The first-order valence-electron chi connectivity index (χ1n) is 7.53. The molecule has 0 aliphatic rings. The number of sulfonamides is 1. The third-order valence-electron chi connectivity index (χ3n) is 3.30. The number of carbonyl (C=O) groups is 1. The zero-order valence-corrected chi connectivity index (χ0v) is 14.2. The fraction of sp³-hybridized carbons (Fsp3) is 0.235. The van der Waals surface area contributed by atoms with Crippen molar-refractivity contribution in [1.82, 2.24) is 5.32 Å². The van der Waals surface area contributed by atoms with E-state index in [0.717, 1.165) is 12.0 Å². The second kappa shape index (κ2) is 7.94. The molecule has 128 valence electrons. The molecule has 0 saturated heterocycles. The van der Waals surface area contributed by atoms with Crippen LogP contribution in [-0.4, -0.2) is 20.9 Å². The SMILES string of the molecule is CCCOc1ccccc1C(=O)NCc1ccc(S(N)(=O)=O)cc1. The van der Waals surface area contributed by atoms with E-state index in [1.807, 2.05) is 13.0 Å². The van der Waals surface area contributed by atoms with E-state index < -0.39 is 10.0 Å². The lowest BCUT2D eigenvalue weighted by molar-refractivity contribution is 0.0947. The molecule has 6 nitrogen and oxygen atoms in total. The normalized spacial score (nSPS) is 11.1. The topological polar surface area (TPSA) is 98.5 Å². The second-order valence-electron chi connectivity index (χ2n) is 5.22. The number of hydrogen-bond acceptors (Lipinski definition) is 4. The van der Waals surface area contributed by atoms with Crippen LogP contribution in [0.25, 0.3) is 0 Å². The molecule has 7 heteroatoms. The van der Waals surface area contributed by atoms with Crippen LogP contribution < -0.4 is 15.2 Å². The quantitative estimate of drug-likeness (QED) is 0.800. The summed E-state index contributed by atoms with van der Waals surface area (Å²) in [6.45, 7) is 2.80. The van der Waals surface area contributed by atoms with Gasteiger partial charge in [0.2, 0.25) is 10.0 Å². The van der Waals surface area contributed by atoms with Crippen molar-refractivity contribution in [2.75, 3.05) is 6.61 Å². The Morgan fingerprint density at radius 1 is 1.12 bits per heavy atom. The van der Waals surface area contributed by atoms with Crippen LogP contribution >= 0.6 is 0 Å². The number of primary sulfonamides is 1. The summed E-state index contributed by atoms with van der Waals surface area (Å²) in [5.74, 6) is 0.290. The van der Waals surface area contributed by atoms with E-state index in [0.29, 0.717) is 17.9 Å². The second-order valence-corrected chi connectivity index (χ2v) is 6.78. The molecule has 0 saturated carbocycles. The number of para-hydroxylation sites is 1. The molecular formula is C17H20N2O4S. The Bertz CT molecular complexity index is 802. The van der Waals surface area contributed by atoms with E-state index in [1.165, 1.54) is 12.1 Å². The summed E-state index contributed by atoms with van der Waals surface area (Å²) in [4.78, 5) is 12.4. The lowest BCUT2D eigenvalue weighted by Gasteiger charge is -2.11. The first-order valence-corrected chi connectivity index (χ1v) is 9.08. The lowest BCUT2D eigenvalue weighted by atomic mass is 10.1. The van der Waals surface area contributed by atoms with E-state index in [4.69, 9.17) is 9.88 Å². The molecule has 0 aromatic heterocycles. The van der Waals surface area contributed by atoms with Crippen LogP contribution in [0.15, 0.2) is 53.4 Å². The molecule has 0 spiro atoms. The Hall–Kier alpha value is -2.38. The van der Waals surface area contributed by atoms with Gasteiger partial charge in [0, 0.05) is 6.54 Å². The average molecular weight is 348 g/mol. The molecule has 0 heterocycles. The summed E-state index contributed by atoms with van der Waals surface area (Å²) in [6.07, 6.45) is 0.854. The van der Waals surface area contributed by atoms with Crippen molar-refractivity contribution in [3.05, 3.63) is 59.7 Å². The summed E-state index contributed by atoms with van der Waals surface area (Å²) in [5, 5.41) is 7.84. The van der Waals surface area contributed by atoms with Gasteiger partial charge >= 0.3 is 0 Å². The Balaban J connectivity index is 2.03. The number of amides is 1. The van der Waals surface area contributed by atoms with Gasteiger partial charge in [0.1, 0.15) is 5.75 Å². The summed E-state index contributed by atoms with van der Waals surface area (Å²) in [5.41, 5.74) is 1.23. The Kier molecular flexibility index (Phi) is 5.94. The average Bonchev–Trinajstić information content (AvgIpc) is 2.57. The van der Waals surface area contributed by atoms with E-state index in [-0.39, 0.29) is 17.3 Å². The molecule has 0 bridgehead atoms. The van der Waals surface area contributed by atoms with E-state index in [2.05, 4.69) is 5.32 Å². The highest BCUT2D eigenvalue weighted by atomic mass is 32.2. The maximum atomic E-state index is 12.3. The predicted molar refractivity (Wildman–Crippen MR) is 91.2 cm³/mol. The number of benzene rings is 2. The molecule has 2 aromatic carbocycles. The zero-order chi connectivity index (χ0) is 17.6. The number of carbonyl (C=O) groups excluding carboxylic acids is 1. The number of rotatable bonds is 7. The number of ether oxygens (including phenoxy) is 1. The lowest BCUT2D eigenvalue weighted by Crippen LogP contribution is -2.23. The molecule has 0 fully saturated rings. The minimum absolute atomic E-state index is 0.0379. The Morgan fingerprint density at radius 3 is 2.42 bits per heavy atom. The monoisotopic (exact) mass is 348 g/mol. The molecule has 0 unspecified atom stereocenters. The van der Waals surface area contributed by atoms with E-state index >= 15 is 0 Å². The Morgan fingerprint density at radius 2 is 1.79 bits per heavy atom. The Labute approximate surface area is 141 Å². The summed E-state index contributed by atoms with van der Waals surface area (Å²) < 4.78 is 28.0. The van der Waals surface area contributed by atoms with Crippen LogP contribution in [0.1, 0.15) is 29.3 Å². The van der Waals surface area contributed by atoms with Crippen molar-refractivity contribution in [2.45, 2.75) is 24.8 Å². The van der Waals surface area contributed by atoms with Crippen molar-refractivity contribution < 1.29 is 17.9 Å². The minimum atomic E-state index is -3.71. The van der Waals surface area contributed by atoms with Gasteiger partial charge in [-0.3, -0.25) is 4.79 Å². The fourth-order valence-electron chi connectivity index (χ4n) is 2.07. The first-order chi connectivity index (χ1) is 11.4. The van der Waals surface area contributed by atoms with Crippen LogP contribution in [0.2, 0.25) is 0 Å². The number of hydrogen-bond donors (Lipinski definition) is 2. The largest absolute Gasteiger partial charge is 0.493 e. The smallest absolute Gasteiger partial charge is 0.255 e. The van der Waals surface area contributed by atoms with Crippen LogP contribution in [0.3, 0.4) is 0 Å². The van der Waals surface area contributed by atoms with E-state index in [1.54, 1.807) is 30.3 Å². The van der Waals surface area contributed by atoms with Crippen LogP contribution in [-0.2, 0) is 16.6 Å². The molecule has 1 amide bonds. The van der Waals surface area contributed by atoms with Gasteiger partial charge in [-0.25, -0.2) is 13.6 Å². The predicted octanol–water partition coefficient (Wildman–Crippen LogP) is 2.05. The molecule has 0 aliphatic heterocycles. The molecule has 2 aromatic rings. The standard InChI is InChI=1S/C17H20N2O4S/c1-2-11-23-16-6-4-3-5-15(16)17(20)19-12-13-7-9-14(10-8-13)24(18,21)22/h3-10H,2,11-12H2,1H3,(H,19,20)(H2,18,21,22). The molecule has 2 rings (SSSR count). The number of nitrogens with two attached hydrogens (primary N) is 1. The molecule has 0 radical (unpaired) electrons. The number of nitrogens with one attached hydrogen (secondary N) is 1. The van der Waals surface area contributed by atoms with Gasteiger partial charge in [-0.15, -0.1) is 0 Å². The van der Waals surface area contributed by atoms with E-state index in [9.17, 15) is 13.2 Å². The fourth-order valence-corrected chi connectivity index (χ4v) is 2.58. The molecule has 0 atom stereocenters. The van der Waals surface area contributed by atoms with Crippen LogP contribution in [0.4, 0.5) is 0 Å². The van der Waals surface area contributed by atoms with Crippen molar-refractivity contribution >= 4 is 15.9 Å². The van der Waals surface area contributed by atoms with Gasteiger partial charge in [-0.2, -0.15) is 0 Å². The van der Waals surface area contributed by atoms with Crippen LogP contribution in [0.5, 0.6) is 5.75 Å². The maximum Gasteiger partial charge on any atom is 0.255 e. The molecule has 3 N–H and O–H groups in total. The summed E-state index contributed by atoms with van der Waals surface area (Å²) >= 11 is 0. The third kappa shape index (κ3) is 4.81. The van der Waals surface area contributed by atoms with Gasteiger partial charge in [0.25, 0.3) is 5.91 Å². The van der Waals surface area contributed by atoms with Crippen molar-refractivity contribution in [3.8, 4) is 5.75 Å². The minimum Gasteiger partial charge on any atom is -0.493 e. The van der Waals surface area contributed by atoms with Gasteiger partial charge in [-0.1, -0.05) is 31.2 Å². The highest BCUT2D eigenvalue weighted by Crippen LogP contribution is 2.18. The molecule has 0 aliphatic carbocycles. The molecule has 24 heavy (non-hydrogen) atoms. The van der Waals surface area contributed by atoms with Crippen molar-refractivity contribution in [3.63, 3.8) is 0 Å². The third-order valence-corrected chi connectivity index (χ3v) is 4.23. The van der Waals surface area contributed by atoms with Crippen molar-refractivity contribution in [1.29, 1.82) is 0 Å². The molecular weight excluding hydrogens is 328 g/mol. The highest BCUT2D eigenvalue weighted by molar-refractivity contribution is 7.89. The van der Waals surface area contributed by atoms with Crippen molar-refractivity contribution in [2.24, 2.45) is 5.14 Å². The van der Waals surface area contributed by atoms with Crippen LogP contribution in [0, 0.1) is 0 Å². The maximum absolute atomic E-state index is 12.3. The van der Waals surface area contributed by atoms with Gasteiger partial charge in [0.05, 0.1) is 17.1 Å². The summed E-state index contributed by atoms with van der Waals surface area (Å²) in [7, 11) is -3.71. The van der Waals surface area contributed by atoms with Gasteiger partial charge < -0.3 is 10.1 Å². The zero-order valence-electron chi connectivity index (χ0n) is 13.4. The summed E-state index contributed by atoms with van der Waals surface area (Å²) in [6, 6.07) is 13.1. The van der Waals surface area contributed by atoms with Gasteiger partial charge in [-0.05, 0) is 36.2 Å². The first kappa shape index (κ1) is 18.0. The highest BCUT2D eigenvalue weighted by Gasteiger charge is 2.12.